The minimum absolute atomic E-state index is 0.739. The van der Waals surface area contributed by atoms with Gasteiger partial charge in [-0.1, -0.05) is 103 Å². The molecule has 2 nitrogen and oxygen atoms in total. The molecule has 1 aliphatic carbocycles. The summed E-state index contributed by atoms with van der Waals surface area (Å²) >= 11 is 0. The van der Waals surface area contributed by atoms with Crippen molar-refractivity contribution in [1.82, 2.24) is 9.97 Å². The van der Waals surface area contributed by atoms with Crippen molar-refractivity contribution < 1.29 is 0 Å². The molecule has 0 bridgehead atoms. The van der Waals surface area contributed by atoms with Gasteiger partial charge in [-0.15, -0.1) is 0 Å². The van der Waals surface area contributed by atoms with Crippen molar-refractivity contribution in [3.63, 3.8) is 0 Å². The molecule has 0 unspecified atom stereocenters. The lowest BCUT2D eigenvalue weighted by Crippen LogP contribution is -1.96. The molecular formula is C32H20N2. The number of nitrogens with zero attached hydrogens (tertiary/aromatic N) is 2. The minimum Gasteiger partial charge on any atom is -0.228 e. The Morgan fingerprint density at radius 2 is 0.971 bits per heavy atom. The molecule has 0 fully saturated rings. The Morgan fingerprint density at radius 1 is 0.382 bits per heavy atom. The van der Waals surface area contributed by atoms with Crippen molar-refractivity contribution in [2.75, 3.05) is 0 Å². The first-order valence-corrected chi connectivity index (χ1v) is 11.5. The van der Waals surface area contributed by atoms with Gasteiger partial charge in [0.15, 0.2) is 5.82 Å². The van der Waals surface area contributed by atoms with Crippen LogP contribution >= 0.6 is 0 Å². The first-order chi connectivity index (χ1) is 16.8. The molecule has 0 spiro atoms. The van der Waals surface area contributed by atoms with Gasteiger partial charge in [0.1, 0.15) is 0 Å². The van der Waals surface area contributed by atoms with E-state index in [0.29, 0.717) is 0 Å². The second-order valence-electron chi connectivity index (χ2n) is 8.67. The van der Waals surface area contributed by atoms with Crippen molar-refractivity contribution in [3.8, 4) is 56.2 Å². The second-order valence-corrected chi connectivity index (χ2v) is 8.67. The van der Waals surface area contributed by atoms with Crippen LogP contribution in [0.4, 0.5) is 0 Å². The summed E-state index contributed by atoms with van der Waals surface area (Å²) in [5.74, 6) is 0.739. The van der Waals surface area contributed by atoms with Crippen molar-refractivity contribution in [1.29, 1.82) is 0 Å². The van der Waals surface area contributed by atoms with Crippen LogP contribution in [0.3, 0.4) is 0 Å². The van der Waals surface area contributed by atoms with E-state index < -0.39 is 0 Å². The smallest absolute Gasteiger partial charge is 0.160 e. The van der Waals surface area contributed by atoms with E-state index in [1.165, 1.54) is 33.0 Å². The minimum atomic E-state index is 0.739. The van der Waals surface area contributed by atoms with Gasteiger partial charge < -0.3 is 0 Å². The molecule has 158 valence electrons. The monoisotopic (exact) mass is 432 g/mol. The van der Waals surface area contributed by atoms with Crippen LogP contribution in [0.15, 0.2) is 121 Å². The third-order valence-corrected chi connectivity index (χ3v) is 6.61. The first-order valence-electron chi connectivity index (χ1n) is 11.5. The van der Waals surface area contributed by atoms with Gasteiger partial charge in [-0.25, -0.2) is 9.97 Å². The van der Waals surface area contributed by atoms with Crippen LogP contribution in [0.1, 0.15) is 0 Å². The summed E-state index contributed by atoms with van der Waals surface area (Å²) in [6.07, 6.45) is 0. The second kappa shape index (κ2) is 7.50. The van der Waals surface area contributed by atoms with Crippen molar-refractivity contribution in [2.45, 2.75) is 0 Å². The molecule has 0 amide bonds. The SMILES string of the molecule is c1ccc(-c2cc(-c3cc4c5c(cccc5c3)-c3ccccc3-4)nc(-c3ccccc3)n2)cc1. The molecule has 6 aromatic rings. The maximum Gasteiger partial charge on any atom is 0.160 e. The Morgan fingerprint density at radius 3 is 1.71 bits per heavy atom. The molecule has 2 heteroatoms. The maximum absolute atomic E-state index is 5.04. The Kier molecular flexibility index (Phi) is 4.18. The van der Waals surface area contributed by atoms with Gasteiger partial charge in [-0.05, 0) is 51.2 Å². The van der Waals surface area contributed by atoms with E-state index in [9.17, 15) is 0 Å². The summed E-state index contributed by atoms with van der Waals surface area (Å²) in [5.41, 5.74) is 10.2. The van der Waals surface area contributed by atoms with Crippen LogP contribution in [-0.4, -0.2) is 9.97 Å². The van der Waals surface area contributed by atoms with Crippen LogP contribution < -0.4 is 0 Å². The highest BCUT2D eigenvalue weighted by Crippen LogP contribution is 2.48. The van der Waals surface area contributed by atoms with Gasteiger partial charge in [-0.3, -0.25) is 0 Å². The molecule has 7 rings (SSSR count). The van der Waals surface area contributed by atoms with Gasteiger partial charge in [0.05, 0.1) is 11.4 Å². The zero-order valence-electron chi connectivity index (χ0n) is 18.4. The summed E-state index contributed by atoms with van der Waals surface area (Å²) in [7, 11) is 0. The number of benzene rings is 5. The van der Waals surface area contributed by atoms with Crippen LogP contribution in [0.2, 0.25) is 0 Å². The van der Waals surface area contributed by atoms with Gasteiger partial charge in [0.2, 0.25) is 0 Å². The highest BCUT2D eigenvalue weighted by atomic mass is 14.9. The number of hydrogen-bond donors (Lipinski definition) is 0. The number of aromatic nitrogens is 2. The lowest BCUT2D eigenvalue weighted by Gasteiger charge is -2.11. The van der Waals surface area contributed by atoms with E-state index in [1.54, 1.807) is 0 Å². The third-order valence-electron chi connectivity index (χ3n) is 6.61. The molecule has 0 saturated heterocycles. The van der Waals surface area contributed by atoms with E-state index in [-0.39, 0.29) is 0 Å². The normalized spacial score (nSPS) is 11.5. The van der Waals surface area contributed by atoms with E-state index >= 15 is 0 Å². The van der Waals surface area contributed by atoms with Gasteiger partial charge in [-0.2, -0.15) is 0 Å². The molecule has 5 aromatic carbocycles. The summed E-state index contributed by atoms with van der Waals surface area (Å²) in [6, 6.07) is 42.5. The lowest BCUT2D eigenvalue weighted by molar-refractivity contribution is 1.18. The fraction of sp³-hybridized carbons (Fsp3) is 0. The molecule has 0 saturated carbocycles. The zero-order valence-corrected chi connectivity index (χ0v) is 18.4. The lowest BCUT2D eigenvalue weighted by atomic mass is 9.97. The quantitative estimate of drug-likeness (QED) is 0.281. The summed E-state index contributed by atoms with van der Waals surface area (Å²) in [4.78, 5) is 9.98. The van der Waals surface area contributed by atoms with Crippen LogP contribution in [0.5, 0.6) is 0 Å². The van der Waals surface area contributed by atoms with Gasteiger partial charge in [0, 0.05) is 16.7 Å². The van der Waals surface area contributed by atoms with Gasteiger partial charge in [0.25, 0.3) is 0 Å². The zero-order chi connectivity index (χ0) is 22.5. The Balaban J connectivity index is 1.49. The van der Waals surface area contributed by atoms with Crippen molar-refractivity contribution in [2.24, 2.45) is 0 Å². The summed E-state index contributed by atoms with van der Waals surface area (Å²) < 4.78 is 0. The van der Waals surface area contributed by atoms with E-state index in [2.05, 4.69) is 84.9 Å². The van der Waals surface area contributed by atoms with Crippen molar-refractivity contribution >= 4 is 10.8 Å². The molecule has 0 N–H and O–H groups in total. The standard InChI is InChI=1S/C32H20N2/c1-3-10-21(11-4-1)29-20-30(34-32(33-29)22-12-5-2-6-13-22)24-18-23-14-9-17-27-25-15-7-8-16-26(25)28(19-24)31(23)27/h1-20H. The fourth-order valence-electron chi connectivity index (χ4n) is 5.03. The largest absolute Gasteiger partial charge is 0.228 e. The first kappa shape index (κ1) is 19.0. The van der Waals surface area contributed by atoms with E-state index in [1.807, 2.05) is 36.4 Å². The number of hydrogen-bond acceptors (Lipinski definition) is 2. The highest BCUT2D eigenvalue weighted by molar-refractivity contribution is 6.16. The summed E-state index contributed by atoms with van der Waals surface area (Å²) in [5, 5.41) is 2.57. The number of rotatable bonds is 3. The van der Waals surface area contributed by atoms with Crippen LogP contribution in [0.25, 0.3) is 66.9 Å². The molecule has 0 radical (unpaired) electrons. The topological polar surface area (TPSA) is 25.8 Å². The average molecular weight is 433 g/mol. The fourth-order valence-corrected chi connectivity index (χ4v) is 5.03. The molecule has 0 atom stereocenters. The van der Waals surface area contributed by atoms with E-state index in [0.717, 1.165) is 33.9 Å². The molecule has 34 heavy (non-hydrogen) atoms. The number of fused-ring (bicyclic) bond motifs is 3. The van der Waals surface area contributed by atoms with Gasteiger partial charge >= 0.3 is 0 Å². The van der Waals surface area contributed by atoms with Crippen LogP contribution in [-0.2, 0) is 0 Å². The Hall–Kier alpha value is -4.56. The maximum atomic E-state index is 5.04. The molecule has 0 aliphatic heterocycles. The predicted molar refractivity (Wildman–Crippen MR) is 140 cm³/mol. The molecule has 1 heterocycles. The molecule has 1 aromatic heterocycles. The molecule has 1 aliphatic rings. The average Bonchev–Trinajstić information content (AvgIpc) is 3.24. The Bertz CT molecular complexity index is 1630. The summed E-state index contributed by atoms with van der Waals surface area (Å²) in [6.45, 7) is 0. The molecular weight excluding hydrogens is 412 g/mol. The third kappa shape index (κ3) is 2.96. The Labute approximate surface area is 198 Å². The van der Waals surface area contributed by atoms with Crippen LogP contribution in [0, 0.1) is 0 Å². The van der Waals surface area contributed by atoms with Crippen molar-refractivity contribution in [3.05, 3.63) is 121 Å². The van der Waals surface area contributed by atoms with E-state index in [4.69, 9.17) is 9.97 Å². The highest BCUT2D eigenvalue weighted by Gasteiger charge is 2.22. The predicted octanol–water partition coefficient (Wildman–Crippen LogP) is 8.28.